The molecule has 8 rings (SSSR count). The van der Waals surface area contributed by atoms with Gasteiger partial charge in [0.05, 0.1) is 11.2 Å². The van der Waals surface area contributed by atoms with Gasteiger partial charge in [-0.2, -0.15) is 9.97 Å². The summed E-state index contributed by atoms with van der Waals surface area (Å²) in [5.74, 6) is 3.46. The van der Waals surface area contributed by atoms with E-state index in [-0.39, 0.29) is 23.2 Å². The van der Waals surface area contributed by atoms with Crippen molar-refractivity contribution in [3.8, 4) is 24.1 Å². The van der Waals surface area contributed by atoms with Gasteiger partial charge in [0.25, 0.3) is 5.91 Å². The summed E-state index contributed by atoms with van der Waals surface area (Å²) >= 11 is 0. The van der Waals surface area contributed by atoms with E-state index in [1.165, 1.54) is 12.8 Å². The number of hydrogen-bond acceptors (Lipinski definition) is 8. The van der Waals surface area contributed by atoms with Crippen LogP contribution in [0.3, 0.4) is 0 Å². The van der Waals surface area contributed by atoms with Crippen LogP contribution in [0.25, 0.3) is 10.8 Å². The molecule has 2 bridgehead atoms. The summed E-state index contributed by atoms with van der Waals surface area (Å²) in [6.45, 7) is 4.94. The van der Waals surface area contributed by atoms with Crippen molar-refractivity contribution in [1.82, 2.24) is 20.2 Å². The number of carbonyl (C=O) groups excluding carboxylic acids is 1. The zero-order valence-corrected chi connectivity index (χ0v) is 23.8. The van der Waals surface area contributed by atoms with Crippen molar-refractivity contribution >= 4 is 28.2 Å². The average molecular weight is 565 g/mol. The number of terminal acetylenes is 1. The van der Waals surface area contributed by atoms with E-state index < -0.39 is 0 Å². The molecule has 0 spiro atoms. The van der Waals surface area contributed by atoms with Gasteiger partial charge in [-0.25, -0.2) is 0 Å². The zero-order chi connectivity index (χ0) is 28.4. The van der Waals surface area contributed by atoms with Crippen LogP contribution in [0.1, 0.15) is 60.1 Å². The summed E-state index contributed by atoms with van der Waals surface area (Å²) in [4.78, 5) is 30.8. The van der Waals surface area contributed by atoms with Crippen molar-refractivity contribution < 1.29 is 14.6 Å². The second kappa shape index (κ2) is 9.85. The van der Waals surface area contributed by atoms with Crippen LogP contribution in [0.5, 0.6) is 11.8 Å². The summed E-state index contributed by atoms with van der Waals surface area (Å²) < 4.78 is 6.43. The summed E-state index contributed by atoms with van der Waals surface area (Å²) in [7, 11) is 0. The molecule has 216 valence electrons. The molecular weight excluding hydrogens is 528 g/mol. The van der Waals surface area contributed by atoms with Gasteiger partial charge in [0.2, 0.25) is 0 Å². The van der Waals surface area contributed by atoms with E-state index in [0.717, 1.165) is 74.0 Å². The summed E-state index contributed by atoms with van der Waals surface area (Å²) in [5.41, 5.74) is 2.60. The first-order valence-corrected chi connectivity index (χ1v) is 15.4. The highest BCUT2D eigenvalue weighted by Gasteiger charge is 2.45. The van der Waals surface area contributed by atoms with Crippen LogP contribution < -0.4 is 19.9 Å². The minimum atomic E-state index is -0.219. The largest absolute Gasteiger partial charge is 0.508 e. The first kappa shape index (κ1) is 25.8. The fourth-order valence-electron chi connectivity index (χ4n) is 8.22. The van der Waals surface area contributed by atoms with Crippen LogP contribution in [0.2, 0.25) is 0 Å². The van der Waals surface area contributed by atoms with Crippen LogP contribution in [0.4, 0.5) is 11.5 Å². The van der Waals surface area contributed by atoms with Gasteiger partial charge in [0.1, 0.15) is 23.9 Å². The molecule has 0 radical (unpaired) electrons. The summed E-state index contributed by atoms with van der Waals surface area (Å²) in [6.07, 6.45) is 13.4. The predicted octanol–water partition coefficient (Wildman–Crippen LogP) is 3.47. The van der Waals surface area contributed by atoms with Crippen LogP contribution >= 0.6 is 0 Å². The lowest BCUT2D eigenvalue weighted by Crippen LogP contribution is -2.52. The third-order valence-corrected chi connectivity index (χ3v) is 10.2. The van der Waals surface area contributed by atoms with Crippen molar-refractivity contribution in [3.05, 3.63) is 47.2 Å². The highest BCUT2D eigenvalue weighted by molar-refractivity contribution is 6.13. The Hall–Kier alpha value is -3.87. The Balaban J connectivity index is 1.20. The second-order valence-electron chi connectivity index (χ2n) is 12.6. The number of fused-ring (bicyclic) bond motifs is 5. The number of hydrogen-bond donors (Lipinski definition) is 2. The zero-order valence-electron chi connectivity index (χ0n) is 23.8. The predicted molar refractivity (Wildman–Crippen MR) is 161 cm³/mol. The molecule has 42 heavy (non-hydrogen) atoms. The number of piperazine rings is 1. The summed E-state index contributed by atoms with van der Waals surface area (Å²) in [6, 6.07) is 10.1. The van der Waals surface area contributed by atoms with Gasteiger partial charge in [0, 0.05) is 54.3 Å². The minimum absolute atomic E-state index is 0.0513. The highest BCUT2D eigenvalue weighted by atomic mass is 16.5. The number of aromatic nitrogens is 2. The van der Waals surface area contributed by atoms with Crippen molar-refractivity contribution in [2.75, 3.05) is 49.1 Å². The number of amides is 1. The number of phenolic OH excluding ortho intramolecular Hbond substituents is 1. The van der Waals surface area contributed by atoms with E-state index in [9.17, 15) is 9.90 Å². The lowest BCUT2D eigenvalue weighted by atomic mass is 9.95. The first-order valence-electron chi connectivity index (χ1n) is 15.4. The Morgan fingerprint density at radius 1 is 1.10 bits per heavy atom. The third-order valence-electron chi connectivity index (χ3n) is 10.2. The molecule has 1 amide bonds. The van der Waals surface area contributed by atoms with E-state index in [2.05, 4.69) is 21.0 Å². The number of nitrogens with zero attached hydrogens (tertiary/aromatic N) is 5. The molecule has 0 aliphatic carbocycles. The Labute approximate surface area is 245 Å². The minimum Gasteiger partial charge on any atom is -0.508 e. The van der Waals surface area contributed by atoms with Crippen LogP contribution in [-0.4, -0.2) is 82.8 Å². The van der Waals surface area contributed by atoms with E-state index in [0.29, 0.717) is 48.6 Å². The smallest absolute Gasteiger partial charge is 0.319 e. The van der Waals surface area contributed by atoms with Crippen molar-refractivity contribution in [2.24, 2.45) is 0 Å². The fraction of sp³-hybridized carbons (Fsp3) is 0.485. The Kier molecular flexibility index (Phi) is 6.06. The van der Waals surface area contributed by atoms with Gasteiger partial charge in [-0.1, -0.05) is 18.1 Å². The molecule has 2 atom stereocenters. The number of benzene rings is 2. The average Bonchev–Trinajstić information content (AvgIpc) is 3.68. The van der Waals surface area contributed by atoms with Gasteiger partial charge in [-0.3, -0.25) is 9.69 Å². The number of phenols is 1. The van der Waals surface area contributed by atoms with Gasteiger partial charge in [-0.15, -0.1) is 6.42 Å². The molecule has 0 saturated carbocycles. The van der Waals surface area contributed by atoms with Gasteiger partial charge >= 0.3 is 6.01 Å². The maximum Gasteiger partial charge on any atom is 0.319 e. The molecular formula is C33H36N6O3. The van der Waals surface area contributed by atoms with Crippen LogP contribution in [0, 0.1) is 12.3 Å². The molecule has 2 N–H and O–H groups in total. The highest BCUT2D eigenvalue weighted by Crippen LogP contribution is 2.41. The monoisotopic (exact) mass is 564 g/mol. The number of rotatable bonds is 5. The third kappa shape index (κ3) is 4.11. The van der Waals surface area contributed by atoms with Crippen molar-refractivity contribution in [3.63, 3.8) is 0 Å². The molecule has 5 aliphatic rings. The molecule has 9 nitrogen and oxygen atoms in total. The number of aromatic hydroxyl groups is 1. The van der Waals surface area contributed by atoms with Crippen molar-refractivity contribution in [1.29, 1.82) is 0 Å². The van der Waals surface area contributed by atoms with E-state index in [1.54, 1.807) is 17.0 Å². The van der Waals surface area contributed by atoms with Gasteiger partial charge < -0.3 is 25.0 Å². The van der Waals surface area contributed by atoms with E-state index >= 15 is 0 Å². The molecule has 3 aromatic rings. The van der Waals surface area contributed by atoms with Crippen molar-refractivity contribution in [2.45, 2.75) is 62.6 Å². The fourth-order valence-corrected chi connectivity index (χ4v) is 8.22. The molecule has 6 heterocycles. The molecule has 5 aliphatic heterocycles. The molecule has 4 fully saturated rings. The molecule has 4 saturated heterocycles. The van der Waals surface area contributed by atoms with E-state index in [4.69, 9.17) is 21.1 Å². The molecule has 2 aromatic carbocycles. The SMILES string of the molecule is C#Cc1cccc2cc(O)cc(N3CCc4c(nc(OCC56CCCN5CCC6)nc4N4CC5CCC(C4)N5)C3=O)c12. The lowest BCUT2D eigenvalue weighted by molar-refractivity contribution is 0.0964. The Morgan fingerprint density at radius 2 is 1.88 bits per heavy atom. The number of carbonyl (C=O) groups is 1. The number of nitrogens with one attached hydrogen (secondary N) is 1. The summed E-state index contributed by atoms with van der Waals surface area (Å²) in [5, 5.41) is 15.9. The maximum absolute atomic E-state index is 14.3. The Morgan fingerprint density at radius 3 is 2.64 bits per heavy atom. The quantitative estimate of drug-likeness (QED) is 0.455. The lowest BCUT2D eigenvalue weighted by Gasteiger charge is -2.37. The number of anilines is 2. The molecule has 2 unspecified atom stereocenters. The van der Waals surface area contributed by atoms with Gasteiger partial charge in [-0.05, 0) is 75.6 Å². The van der Waals surface area contributed by atoms with Crippen LogP contribution in [0.15, 0.2) is 30.3 Å². The Bertz CT molecular complexity index is 1610. The number of ether oxygens (including phenoxy) is 1. The van der Waals surface area contributed by atoms with Gasteiger partial charge in [0.15, 0.2) is 0 Å². The topological polar surface area (TPSA) is 94.1 Å². The standard InChI is InChI=1S/C33H36N6O3/c1-2-21-6-3-7-22-16-25(40)17-27(28(21)22)39-15-10-26-29(31(39)41)35-32(42-20-33-11-4-13-38(33)14-5-12-33)36-30(26)37-18-23-8-9-24(19-37)34-23/h1,3,6-7,16-17,23-24,34,40H,4-5,8-15,18-20H2. The maximum atomic E-state index is 14.3. The molecule has 1 aromatic heterocycles. The van der Waals surface area contributed by atoms with Crippen LogP contribution in [-0.2, 0) is 6.42 Å². The normalized spacial score (nSPS) is 24.6. The van der Waals surface area contributed by atoms with E-state index in [1.807, 2.05) is 18.2 Å². The molecule has 9 heteroatoms. The first-order chi connectivity index (χ1) is 20.5. The second-order valence-corrected chi connectivity index (χ2v) is 12.6.